The standard InChI is InChI=1S/C15H9IO7/c16-11-8(19)4-9-10(12(11)20)13(21)14(22)15(23-9)5-1-2-6(17)7(18)3-5/h1-4,17-20,22H. The van der Waals surface area contributed by atoms with Crippen LogP contribution in [0.4, 0.5) is 0 Å². The molecule has 0 saturated heterocycles. The number of hydrogen-bond acceptors (Lipinski definition) is 7. The molecular formula is C15H9IO7. The van der Waals surface area contributed by atoms with Crippen LogP contribution in [-0.2, 0) is 0 Å². The van der Waals surface area contributed by atoms with Gasteiger partial charge >= 0.3 is 0 Å². The number of phenolic OH excluding ortho intramolecular Hbond substituents is 4. The smallest absolute Gasteiger partial charge is 0.238 e. The molecule has 8 heteroatoms. The summed E-state index contributed by atoms with van der Waals surface area (Å²) in [5, 5.41) is 48.4. The van der Waals surface area contributed by atoms with Crippen molar-refractivity contribution in [2.24, 2.45) is 0 Å². The Labute approximate surface area is 141 Å². The Morgan fingerprint density at radius 3 is 2.22 bits per heavy atom. The van der Waals surface area contributed by atoms with E-state index in [4.69, 9.17) is 4.42 Å². The predicted molar refractivity (Wildman–Crippen MR) is 89.0 cm³/mol. The fourth-order valence-corrected chi connectivity index (χ4v) is 2.57. The molecule has 0 saturated carbocycles. The van der Waals surface area contributed by atoms with E-state index in [1.807, 2.05) is 0 Å². The minimum Gasteiger partial charge on any atom is -0.507 e. The van der Waals surface area contributed by atoms with E-state index in [1.54, 1.807) is 22.6 Å². The summed E-state index contributed by atoms with van der Waals surface area (Å²) in [6, 6.07) is 4.73. The number of rotatable bonds is 1. The summed E-state index contributed by atoms with van der Waals surface area (Å²) in [4.78, 5) is 12.3. The van der Waals surface area contributed by atoms with Gasteiger partial charge in [-0.2, -0.15) is 0 Å². The van der Waals surface area contributed by atoms with Gasteiger partial charge in [-0.3, -0.25) is 4.79 Å². The summed E-state index contributed by atoms with van der Waals surface area (Å²) in [6.45, 7) is 0. The maximum atomic E-state index is 12.3. The van der Waals surface area contributed by atoms with Crippen LogP contribution in [0, 0.1) is 3.57 Å². The van der Waals surface area contributed by atoms with Crippen molar-refractivity contribution >= 4 is 33.6 Å². The maximum absolute atomic E-state index is 12.3. The van der Waals surface area contributed by atoms with Gasteiger partial charge in [0, 0.05) is 11.6 Å². The van der Waals surface area contributed by atoms with Crippen molar-refractivity contribution < 1.29 is 29.9 Å². The molecule has 0 radical (unpaired) electrons. The van der Waals surface area contributed by atoms with Crippen LogP contribution in [0.15, 0.2) is 33.5 Å². The average Bonchev–Trinajstić information content (AvgIpc) is 2.51. The molecule has 0 unspecified atom stereocenters. The van der Waals surface area contributed by atoms with Gasteiger partial charge in [-0.25, -0.2) is 0 Å². The molecule has 118 valence electrons. The number of phenols is 4. The van der Waals surface area contributed by atoms with E-state index < -0.39 is 22.7 Å². The van der Waals surface area contributed by atoms with E-state index in [0.717, 1.165) is 18.2 Å². The molecule has 0 aliphatic rings. The van der Waals surface area contributed by atoms with E-state index in [2.05, 4.69) is 0 Å². The van der Waals surface area contributed by atoms with E-state index in [1.165, 1.54) is 6.07 Å². The van der Waals surface area contributed by atoms with Gasteiger partial charge in [0.1, 0.15) is 22.5 Å². The molecule has 0 fully saturated rings. The monoisotopic (exact) mass is 428 g/mol. The summed E-state index contributed by atoms with van der Waals surface area (Å²) in [7, 11) is 0. The summed E-state index contributed by atoms with van der Waals surface area (Å²) >= 11 is 1.65. The molecule has 0 aliphatic heterocycles. The lowest BCUT2D eigenvalue weighted by Gasteiger charge is -2.09. The lowest BCUT2D eigenvalue weighted by molar-refractivity contribution is 0.403. The van der Waals surface area contributed by atoms with Crippen molar-refractivity contribution in [2.75, 3.05) is 0 Å². The second kappa shape index (κ2) is 5.23. The number of halogens is 1. The minimum atomic E-state index is -0.885. The van der Waals surface area contributed by atoms with Gasteiger partial charge in [-0.1, -0.05) is 0 Å². The Balaban J connectivity index is 2.40. The molecule has 3 rings (SSSR count). The fourth-order valence-electron chi connectivity index (χ4n) is 2.15. The summed E-state index contributed by atoms with van der Waals surface area (Å²) in [5.41, 5.74) is -0.885. The molecule has 23 heavy (non-hydrogen) atoms. The van der Waals surface area contributed by atoms with Crippen molar-refractivity contribution in [1.82, 2.24) is 0 Å². The van der Waals surface area contributed by atoms with Crippen LogP contribution in [0.5, 0.6) is 28.7 Å². The van der Waals surface area contributed by atoms with E-state index in [-0.39, 0.29) is 37.4 Å². The average molecular weight is 428 g/mol. The van der Waals surface area contributed by atoms with Crippen LogP contribution in [0.1, 0.15) is 0 Å². The van der Waals surface area contributed by atoms with Crippen LogP contribution in [-0.4, -0.2) is 25.5 Å². The number of hydrogen-bond donors (Lipinski definition) is 5. The third-order valence-electron chi connectivity index (χ3n) is 3.29. The first kappa shape index (κ1) is 15.3. The molecule has 2 aromatic carbocycles. The zero-order valence-electron chi connectivity index (χ0n) is 11.2. The third-order valence-corrected chi connectivity index (χ3v) is 4.35. The van der Waals surface area contributed by atoms with Crippen molar-refractivity contribution in [3.05, 3.63) is 38.1 Å². The molecule has 0 atom stereocenters. The first-order valence-corrected chi connectivity index (χ1v) is 7.31. The van der Waals surface area contributed by atoms with E-state index in [9.17, 15) is 30.3 Å². The Kier molecular flexibility index (Phi) is 3.48. The SMILES string of the molecule is O=c1c(O)c(-c2ccc(O)c(O)c2)oc2cc(O)c(I)c(O)c12. The van der Waals surface area contributed by atoms with Crippen LogP contribution in [0.25, 0.3) is 22.3 Å². The lowest BCUT2D eigenvalue weighted by Crippen LogP contribution is -2.03. The number of benzene rings is 2. The Hall–Kier alpha value is -2.62. The lowest BCUT2D eigenvalue weighted by atomic mass is 10.1. The van der Waals surface area contributed by atoms with Gasteiger partial charge in [-0.05, 0) is 40.8 Å². The molecule has 1 heterocycles. The van der Waals surface area contributed by atoms with Crippen LogP contribution >= 0.6 is 22.6 Å². The molecule has 0 bridgehead atoms. The maximum Gasteiger partial charge on any atom is 0.238 e. The molecule has 5 N–H and O–H groups in total. The molecule has 0 amide bonds. The van der Waals surface area contributed by atoms with Crippen molar-refractivity contribution in [2.45, 2.75) is 0 Å². The predicted octanol–water partition coefficient (Wildman–Crippen LogP) is 2.59. The highest BCUT2D eigenvalue weighted by Crippen LogP contribution is 2.40. The second-order valence-electron chi connectivity index (χ2n) is 4.74. The third kappa shape index (κ3) is 2.31. The first-order chi connectivity index (χ1) is 10.8. The highest BCUT2D eigenvalue weighted by Gasteiger charge is 2.21. The second-order valence-corrected chi connectivity index (χ2v) is 5.82. The van der Waals surface area contributed by atoms with Crippen LogP contribution in [0.3, 0.4) is 0 Å². The van der Waals surface area contributed by atoms with Gasteiger partial charge in [0.15, 0.2) is 17.3 Å². The van der Waals surface area contributed by atoms with Crippen molar-refractivity contribution in [1.29, 1.82) is 0 Å². The number of aromatic hydroxyl groups is 5. The largest absolute Gasteiger partial charge is 0.507 e. The molecule has 0 aliphatic carbocycles. The van der Waals surface area contributed by atoms with Gasteiger partial charge in [0.25, 0.3) is 0 Å². The molecule has 1 aromatic heterocycles. The van der Waals surface area contributed by atoms with Crippen LogP contribution in [0.2, 0.25) is 0 Å². The van der Waals surface area contributed by atoms with E-state index >= 15 is 0 Å². The van der Waals surface area contributed by atoms with Gasteiger partial charge in [0.2, 0.25) is 11.2 Å². The molecule has 3 aromatic rings. The summed E-state index contributed by atoms with van der Waals surface area (Å²) in [5.74, 6) is -2.65. The van der Waals surface area contributed by atoms with Gasteiger partial charge < -0.3 is 29.9 Å². The van der Waals surface area contributed by atoms with Gasteiger partial charge in [0.05, 0.1) is 3.57 Å². The molecule has 7 nitrogen and oxygen atoms in total. The molecular weight excluding hydrogens is 419 g/mol. The Bertz CT molecular complexity index is 1010. The zero-order chi connectivity index (χ0) is 16.9. The van der Waals surface area contributed by atoms with E-state index in [0.29, 0.717) is 0 Å². The highest BCUT2D eigenvalue weighted by molar-refractivity contribution is 14.1. The Morgan fingerprint density at radius 1 is 0.870 bits per heavy atom. The van der Waals surface area contributed by atoms with Crippen LogP contribution < -0.4 is 5.43 Å². The van der Waals surface area contributed by atoms with Crippen molar-refractivity contribution in [3.63, 3.8) is 0 Å². The normalized spacial score (nSPS) is 11.0. The van der Waals surface area contributed by atoms with Gasteiger partial charge in [-0.15, -0.1) is 0 Å². The fraction of sp³-hybridized carbons (Fsp3) is 0. The Morgan fingerprint density at radius 2 is 1.57 bits per heavy atom. The zero-order valence-corrected chi connectivity index (χ0v) is 13.4. The minimum absolute atomic E-state index is 0.0526. The first-order valence-electron chi connectivity index (χ1n) is 6.23. The topological polar surface area (TPSA) is 131 Å². The number of fused-ring (bicyclic) bond motifs is 1. The van der Waals surface area contributed by atoms with Crippen molar-refractivity contribution in [3.8, 4) is 40.1 Å². The summed E-state index contributed by atoms with van der Waals surface area (Å²) in [6.07, 6.45) is 0. The quantitative estimate of drug-likeness (QED) is 0.298. The highest BCUT2D eigenvalue weighted by atomic mass is 127. The molecule has 0 spiro atoms. The summed E-state index contributed by atoms with van der Waals surface area (Å²) < 4.78 is 5.46.